The van der Waals surface area contributed by atoms with Gasteiger partial charge in [-0.1, -0.05) is 6.55 Å². The van der Waals surface area contributed by atoms with Crippen molar-refractivity contribution in [2.45, 2.75) is 32.9 Å². The minimum absolute atomic E-state index is 0.0863. The molecule has 8 heavy (non-hydrogen) atoms. The van der Waals surface area contributed by atoms with E-state index in [9.17, 15) is 0 Å². The third-order valence-electron chi connectivity index (χ3n) is 0.739. The Morgan fingerprint density at radius 2 is 1.88 bits per heavy atom. The van der Waals surface area contributed by atoms with Crippen molar-refractivity contribution in [2.24, 2.45) is 0 Å². The van der Waals surface area contributed by atoms with Crippen LogP contribution >= 0.6 is 0 Å². The van der Waals surface area contributed by atoms with E-state index in [1.165, 1.54) is 0 Å². The van der Waals surface area contributed by atoms with E-state index in [4.69, 9.17) is 4.74 Å². The van der Waals surface area contributed by atoms with Crippen molar-refractivity contribution >= 4 is 9.52 Å². The first-order valence-corrected chi connectivity index (χ1v) is 5.61. The molecule has 2 heteroatoms. The van der Waals surface area contributed by atoms with Crippen molar-refractivity contribution in [3.63, 3.8) is 0 Å². The Morgan fingerprint density at radius 1 is 1.38 bits per heavy atom. The summed E-state index contributed by atoms with van der Waals surface area (Å²) in [5, 5.41) is 0. The maximum absolute atomic E-state index is 5.44. The summed E-state index contributed by atoms with van der Waals surface area (Å²) in [4.78, 5) is 0. The second-order valence-electron chi connectivity index (χ2n) is 2.96. The van der Waals surface area contributed by atoms with Crippen molar-refractivity contribution in [1.29, 1.82) is 0 Å². The quantitative estimate of drug-likeness (QED) is 0.509. The van der Waals surface area contributed by atoms with Gasteiger partial charge >= 0.3 is 0 Å². The molecule has 0 spiro atoms. The maximum Gasteiger partial charge on any atom is 0.0594 e. The first-order valence-electron chi connectivity index (χ1n) is 3.20. The molecule has 0 saturated carbocycles. The van der Waals surface area contributed by atoms with Gasteiger partial charge in [0.15, 0.2) is 0 Å². The van der Waals surface area contributed by atoms with Gasteiger partial charge in [-0.15, -0.1) is 0 Å². The molecule has 0 saturated heterocycles. The lowest BCUT2D eigenvalue weighted by atomic mass is 10.2. The zero-order valence-corrected chi connectivity index (χ0v) is 7.74. The fourth-order valence-corrected chi connectivity index (χ4v) is 1.22. The summed E-state index contributed by atoms with van der Waals surface area (Å²) in [6.45, 7) is 8.54. The molecule has 0 aliphatic heterocycles. The second-order valence-corrected chi connectivity index (χ2v) is 4.37. The Kier molecular flexibility index (Phi) is 3.32. The monoisotopic (exact) mass is 132 g/mol. The molecule has 1 nitrogen and oxygen atoms in total. The Morgan fingerprint density at radius 3 is 2.00 bits per heavy atom. The molecule has 0 rings (SSSR count). The van der Waals surface area contributed by atoms with Crippen molar-refractivity contribution in [3.8, 4) is 0 Å². The minimum Gasteiger partial charge on any atom is -0.380 e. The molecule has 0 unspecified atom stereocenters. The molecule has 0 amide bonds. The zero-order valence-electron chi connectivity index (χ0n) is 6.32. The minimum atomic E-state index is 0.0863. The van der Waals surface area contributed by atoms with E-state index in [1.54, 1.807) is 0 Å². The van der Waals surface area contributed by atoms with Crippen LogP contribution in [0.15, 0.2) is 0 Å². The highest BCUT2D eigenvalue weighted by molar-refractivity contribution is 6.33. The van der Waals surface area contributed by atoms with Gasteiger partial charge < -0.3 is 4.74 Å². The molecule has 0 aromatic heterocycles. The first-order chi connectivity index (χ1) is 3.56. The lowest BCUT2D eigenvalue weighted by molar-refractivity contribution is 0.0249. The smallest absolute Gasteiger partial charge is 0.0594 e. The topological polar surface area (TPSA) is 9.23 Å². The number of hydrogen-bond acceptors (Lipinski definition) is 1. The van der Waals surface area contributed by atoms with Gasteiger partial charge in [-0.2, -0.15) is 0 Å². The predicted molar refractivity (Wildman–Crippen MR) is 40.1 cm³/mol. The van der Waals surface area contributed by atoms with E-state index < -0.39 is 0 Å². The van der Waals surface area contributed by atoms with Crippen LogP contribution in [0.5, 0.6) is 0 Å². The van der Waals surface area contributed by atoms with E-state index in [-0.39, 0.29) is 15.1 Å². The third-order valence-corrected chi connectivity index (χ3v) is 1.35. The summed E-state index contributed by atoms with van der Waals surface area (Å²) in [6, 6.07) is 0. The van der Waals surface area contributed by atoms with E-state index in [2.05, 4.69) is 27.3 Å². The van der Waals surface area contributed by atoms with E-state index >= 15 is 0 Å². The summed E-state index contributed by atoms with van der Waals surface area (Å²) in [6.07, 6.45) is 1.02. The lowest BCUT2D eigenvalue weighted by Gasteiger charge is -2.18. The van der Waals surface area contributed by atoms with Gasteiger partial charge in [0.1, 0.15) is 0 Å². The Labute approximate surface area is 54.3 Å². The summed E-state index contributed by atoms with van der Waals surface area (Å²) in [5.41, 5.74) is 0.0863. The number of hydrogen-bond donors (Lipinski definition) is 0. The van der Waals surface area contributed by atoms with Crippen LogP contribution in [0.1, 0.15) is 20.8 Å². The highest BCUT2D eigenvalue weighted by atomic mass is 28.2. The van der Waals surface area contributed by atoms with Crippen LogP contribution in [-0.2, 0) is 4.74 Å². The molecular weight excluding hydrogens is 116 g/mol. The van der Waals surface area contributed by atoms with Crippen LogP contribution in [0.3, 0.4) is 0 Å². The van der Waals surface area contributed by atoms with Crippen LogP contribution in [0, 0.1) is 0 Å². The molecule has 0 aliphatic rings. The first kappa shape index (κ1) is 8.18. The van der Waals surface area contributed by atoms with Gasteiger partial charge in [0.2, 0.25) is 0 Å². The third kappa shape index (κ3) is 6.18. The SMILES string of the molecule is C[SiH2]COC(C)(C)C. The van der Waals surface area contributed by atoms with E-state index in [0.717, 1.165) is 6.23 Å². The Bertz CT molecular complexity index is 56.0. The lowest BCUT2D eigenvalue weighted by Crippen LogP contribution is -2.21. The van der Waals surface area contributed by atoms with Crippen LogP contribution in [0.4, 0.5) is 0 Å². The van der Waals surface area contributed by atoms with E-state index in [0.29, 0.717) is 0 Å². The number of rotatable bonds is 2. The summed E-state index contributed by atoms with van der Waals surface area (Å²) in [5.74, 6) is 0. The average Bonchev–Trinajstić information content (AvgIpc) is 1.59. The maximum atomic E-state index is 5.44. The fourth-order valence-electron chi connectivity index (χ4n) is 0.408. The molecule has 0 aromatic rings. The molecule has 0 N–H and O–H groups in total. The van der Waals surface area contributed by atoms with Crippen molar-refractivity contribution in [1.82, 2.24) is 0 Å². The van der Waals surface area contributed by atoms with Gasteiger partial charge in [0.25, 0.3) is 0 Å². The fraction of sp³-hybridized carbons (Fsp3) is 1.00. The Hall–Kier alpha value is 0.177. The van der Waals surface area contributed by atoms with Crippen LogP contribution in [-0.4, -0.2) is 21.4 Å². The molecule has 0 atom stereocenters. The van der Waals surface area contributed by atoms with Crippen molar-refractivity contribution < 1.29 is 4.74 Å². The Balaban J connectivity index is 3.11. The molecule has 50 valence electrons. The summed E-state index contributed by atoms with van der Waals surface area (Å²) >= 11 is 0. The number of ether oxygens (including phenoxy) is 1. The van der Waals surface area contributed by atoms with Crippen molar-refractivity contribution in [2.75, 3.05) is 6.23 Å². The predicted octanol–water partition coefficient (Wildman–Crippen LogP) is 0.976. The standard InChI is InChI=1S/C6H16OSi/c1-6(2,3)7-5-8-4/h5,8H2,1-4H3. The molecule has 0 aliphatic carbocycles. The van der Waals surface area contributed by atoms with Gasteiger partial charge in [-0.25, -0.2) is 0 Å². The molecule has 0 radical (unpaired) electrons. The van der Waals surface area contributed by atoms with Gasteiger partial charge in [0.05, 0.1) is 5.60 Å². The molecule has 0 fully saturated rings. The van der Waals surface area contributed by atoms with E-state index in [1.807, 2.05) is 0 Å². The average molecular weight is 132 g/mol. The molecule has 0 aromatic carbocycles. The highest BCUT2D eigenvalue weighted by Gasteiger charge is 2.07. The highest BCUT2D eigenvalue weighted by Crippen LogP contribution is 2.04. The normalized spacial score (nSPS) is 13.5. The van der Waals surface area contributed by atoms with Crippen molar-refractivity contribution in [3.05, 3.63) is 0 Å². The van der Waals surface area contributed by atoms with Crippen LogP contribution < -0.4 is 0 Å². The summed E-state index contributed by atoms with van der Waals surface area (Å²) in [7, 11) is 0.112. The molecule has 0 heterocycles. The molecular formula is C6H16OSi. The van der Waals surface area contributed by atoms with Gasteiger partial charge in [-0.05, 0) is 20.8 Å². The molecule has 0 bridgehead atoms. The van der Waals surface area contributed by atoms with Gasteiger partial charge in [-0.3, -0.25) is 0 Å². The van der Waals surface area contributed by atoms with Crippen LogP contribution in [0.25, 0.3) is 0 Å². The summed E-state index contributed by atoms with van der Waals surface area (Å²) < 4.78 is 5.44. The zero-order chi connectivity index (χ0) is 6.62. The van der Waals surface area contributed by atoms with Crippen LogP contribution in [0.2, 0.25) is 6.55 Å². The largest absolute Gasteiger partial charge is 0.380 e. The second kappa shape index (κ2) is 3.25. The van der Waals surface area contributed by atoms with Gasteiger partial charge in [0, 0.05) is 15.7 Å².